The van der Waals surface area contributed by atoms with Crippen molar-refractivity contribution in [2.45, 2.75) is 20.8 Å². The Balaban J connectivity index is 3.00. The second-order valence-electron chi connectivity index (χ2n) is 2.87. The van der Waals surface area contributed by atoms with Crippen LogP contribution in [0.2, 0.25) is 0 Å². The van der Waals surface area contributed by atoms with E-state index in [9.17, 15) is 0 Å². The first-order valence-electron chi connectivity index (χ1n) is 4.74. The van der Waals surface area contributed by atoms with Gasteiger partial charge in [0.1, 0.15) is 0 Å². The van der Waals surface area contributed by atoms with Gasteiger partial charge in [0.25, 0.3) is 0 Å². The van der Waals surface area contributed by atoms with Crippen molar-refractivity contribution >= 4 is 12.1 Å². The second kappa shape index (κ2) is 5.27. The zero-order chi connectivity index (χ0) is 10.4. The van der Waals surface area contributed by atoms with Crippen molar-refractivity contribution < 1.29 is 0 Å². The van der Waals surface area contributed by atoms with Gasteiger partial charge in [0.05, 0.1) is 0 Å². The van der Waals surface area contributed by atoms with Crippen molar-refractivity contribution in [3.63, 3.8) is 0 Å². The van der Waals surface area contributed by atoms with Gasteiger partial charge in [-0.15, -0.1) is 0 Å². The summed E-state index contributed by atoms with van der Waals surface area (Å²) in [5, 5.41) is 0. The van der Waals surface area contributed by atoms with Crippen molar-refractivity contribution in [2.75, 3.05) is 6.54 Å². The maximum absolute atomic E-state index is 4.29. The van der Waals surface area contributed by atoms with Crippen molar-refractivity contribution in [2.24, 2.45) is 9.98 Å². The quantitative estimate of drug-likeness (QED) is 0.519. The molecule has 0 saturated heterocycles. The highest BCUT2D eigenvalue weighted by Gasteiger charge is 1.99. The van der Waals surface area contributed by atoms with Gasteiger partial charge in [-0.05, 0) is 32.9 Å². The van der Waals surface area contributed by atoms with Crippen molar-refractivity contribution in [1.29, 1.82) is 0 Å². The monoisotopic (exact) mass is 189 g/mol. The molecule has 1 heterocycles. The van der Waals surface area contributed by atoms with E-state index in [1.807, 2.05) is 32.9 Å². The smallest absolute Gasteiger partial charge is 0.155 e. The summed E-state index contributed by atoms with van der Waals surface area (Å²) in [5.41, 5.74) is 1.97. The molecule has 0 N–H and O–H groups in total. The normalized spacial score (nSPS) is 12.4. The zero-order valence-electron chi connectivity index (χ0n) is 8.86. The van der Waals surface area contributed by atoms with E-state index in [0.29, 0.717) is 0 Å². The highest BCUT2D eigenvalue weighted by atomic mass is 14.9. The minimum absolute atomic E-state index is 0.737. The number of pyridine rings is 1. The highest BCUT2D eigenvalue weighted by Crippen LogP contribution is 2.02. The first-order valence-corrected chi connectivity index (χ1v) is 4.74. The summed E-state index contributed by atoms with van der Waals surface area (Å²) in [4.78, 5) is 12.7. The lowest BCUT2D eigenvalue weighted by atomic mass is 10.2. The molecule has 74 valence electrons. The molecule has 0 bridgehead atoms. The fraction of sp³-hybridized carbons (Fsp3) is 0.364. The van der Waals surface area contributed by atoms with Crippen LogP contribution in [0.15, 0.2) is 28.3 Å². The first-order chi connectivity index (χ1) is 6.77. The predicted molar refractivity (Wildman–Crippen MR) is 60.2 cm³/mol. The standard InChI is InChI=1S/C11H15N3/c1-4-12-11(13-5-2)10-7-6-9(3)14-8-10/h4,6-8H,5H2,1-3H3. The summed E-state index contributed by atoms with van der Waals surface area (Å²) in [6.07, 6.45) is 3.55. The van der Waals surface area contributed by atoms with Crippen LogP contribution in [-0.4, -0.2) is 23.6 Å². The van der Waals surface area contributed by atoms with Gasteiger partial charge in [-0.3, -0.25) is 9.98 Å². The Kier molecular flexibility index (Phi) is 3.98. The molecule has 3 nitrogen and oxygen atoms in total. The van der Waals surface area contributed by atoms with E-state index in [0.717, 1.165) is 23.6 Å². The van der Waals surface area contributed by atoms with Crippen LogP contribution in [0.25, 0.3) is 0 Å². The van der Waals surface area contributed by atoms with E-state index in [4.69, 9.17) is 0 Å². The number of nitrogens with zero attached hydrogens (tertiary/aromatic N) is 3. The molecular formula is C11H15N3. The van der Waals surface area contributed by atoms with Gasteiger partial charge in [-0.2, -0.15) is 0 Å². The third-order valence-corrected chi connectivity index (χ3v) is 1.73. The zero-order valence-corrected chi connectivity index (χ0v) is 8.86. The Labute approximate surface area is 84.6 Å². The molecule has 0 spiro atoms. The molecule has 0 amide bonds. The molecule has 0 atom stereocenters. The predicted octanol–water partition coefficient (Wildman–Crippen LogP) is 2.25. The molecular weight excluding hydrogens is 174 g/mol. The molecule has 0 aliphatic rings. The molecule has 0 saturated carbocycles. The average Bonchev–Trinajstić information content (AvgIpc) is 2.19. The van der Waals surface area contributed by atoms with Crippen LogP contribution in [0.3, 0.4) is 0 Å². The van der Waals surface area contributed by atoms with E-state index in [1.165, 1.54) is 0 Å². The molecule has 1 rings (SSSR count). The third-order valence-electron chi connectivity index (χ3n) is 1.73. The molecule has 1 aromatic rings. The van der Waals surface area contributed by atoms with E-state index in [2.05, 4.69) is 15.0 Å². The molecule has 1 aromatic heterocycles. The van der Waals surface area contributed by atoms with E-state index < -0.39 is 0 Å². The molecule has 0 unspecified atom stereocenters. The first kappa shape index (κ1) is 10.6. The van der Waals surface area contributed by atoms with Gasteiger partial charge in [0, 0.05) is 30.2 Å². The Hall–Kier alpha value is -1.51. The lowest BCUT2D eigenvalue weighted by Gasteiger charge is -2.00. The third kappa shape index (κ3) is 2.76. The maximum atomic E-state index is 4.29. The van der Waals surface area contributed by atoms with E-state index >= 15 is 0 Å². The fourth-order valence-electron chi connectivity index (χ4n) is 1.08. The summed E-state index contributed by atoms with van der Waals surface area (Å²) in [6.45, 7) is 6.57. The fourth-order valence-corrected chi connectivity index (χ4v) is 1.08. The van der Waals surface area contributed by atoms with Crippen LogP contribution in [0.1, 0.15) is 25.1 Å². The molecule has 14 heavy (non-hydrogen) atoms. The van der Waals surface area contributed by atoms with Crippen LogP contribution >= 0.6 is 0 Å². The van der Waals surface area contributed by atoms with E-state index in [-0.39, 0.29) is 0 Å². The number of aryl methyl sites for hydroxylation is 1. The van der Waals surface area contributed by atoms with Crippen LogP contribution in [0.5, 0.6) is 0 Å². The number of hydrogen-bond acceptors (Lipinski definition) is 2. The molecule has 0 aliphatic heterocycles. The number of aromatic nitrogens is 1. The maximum Gasteiger partial charge on any atom is 0.155 e. The second-order valence-corrected chi connectivity index (χ2v) is 2.87. The van der Waals surface area contributed by atoms with Gasteiger partial charge in [0.15, 0.2) is 5.84 Å². The van der Waals surface area contributed by atoms with Crippen molar-refractivity contribution in [1.82, 2.24) is 4.98 Å². The van der Waals surface area contributed by atoms with Gasteiger partial charge < -0.3 is 0 Å². The minimum Gasteiger partial charge on any atom is -0.267 e. The summed E-state index contributed by atoms with van der Waals surface area (Å²) in [6, 6.07) is 3.95. The Bertz CT molecular complexity index is 336. The highest BCUT2D eigenvalue weighted by molar-refractivity contribution is 6.02. The summed E-state index contributed by atoms with van der Waals surface area (Å²) in [5.74, 6) is 0.752. The van der Waals surface area contributed by atoms with Crippen LogP contribution in [0, 0.1) is 6.92 Å². The van der Waals surface area contributed by atoms with Gasteiger partial charge in [0.2, 0.25) is 0 Å². The minimum atomic E-state index is 0.737. The Morgan fingerprint density at radius 3 is 2.79 bits per heavy atom. The van der Waals surface area contributed by atoms with Crippen LogP contribution in [0.4, 0.5) is 0 Å². The number of amidine groups is 1. The van der Waals surface area contributed by atoms with Crippen LogP contribution < -0.4 is 0 Å². The average molecular weight is 189 g/mol. The van der Waals surface area contributed by atoms with Gasteiger partial charge in [-0.1, -0.05) is 0 Å². The summed E-state index contributed by atoms with van der Waals surface area (Å²) < 4.78 is 0. The van der Waals surface area contributed by atoms with Crippen molar-refractivity contribution in [3.8, 4) is 0 Å². The van der Waals surface area contributed by atoms with Crippen LogP contribution in [-0.2, 0) is 0 Å². The number of hydrogen-bond donors (Lipinski definition) is 0. The lowest BCUT2D eigenvalue weighted by Crippen LogP contribution is -1.99. The number of rotatable bonds is 2. The summed E-state index contributed by atoms with van der Waals surface area (Å²) in [7, 11) is 0. The largest absolute Gasteiger partial charge is 0.267 e. The lowest BCUT2D eigenvalue weighted by molar-refractivity contribution is 1.12. The van der Waals surface area contributed by atoms with Gasteiger partial charge >= 0.3 is 0 Å². The molecule has 0 radical (unpaired) electrons. The number of aliphatic imine (C=N–C) groups is 2. The molecule has 0 fully saturated rings. The van der Waals surface area contributed by atoms with Crippen molar-refractivity contribution in [3.05, 3.63) is 29.6 Å². The topological polar surface area (TPSA) is 37.6 Å². The molecule has 0 aliphatic carbocycles. The Morgan fingerprint density at radius 2 is 2.29 bits per heavy atom. The Morgan fingerprint density at radius 1 is 1.50 bits per heavy atom. The molecule has 0 aromatic carbocycles. The summed E-state index contributed by atoms with van der Waals surface area (Å²) >= 11 is 0. The van der Waals surface area contributed by atoms with Gasteiger partial charge in [-0.25, -0.2) is 4.99 Å². The SMILES string of the molecule is CC=NC(=NCC)c1ccc(C)nc1. The molecule has 3 heteroatoms. The van der Waals surface area contributed by atoms with E-state index in [1.54, 1.807) is 12.4 Å².